The molecule has 0 saturated carbocycles. The van der Waals surface area contributed by atoms with Gasteiger partial charge < -0.3 is 15.0 Å². The molecule has 3 rings (SSSR count). The van der Waals surface area contributed by atoms with Gasteiger partial charge in [-0.05, 0) is 43.9 Å². The van der Waals surface area contributed by atoms with Crippen molar-refractivity contribution in [1.29, 1.82) is 0 Å². The zero-order chi connectivity index (χ0) is 23.8. The molecule has 8 heteroatoms. The molecule has 1 saturated heterocycles. The monoisotopic (exact) mass is 458 g/mol. The first-order valence-corrected chi connectivity index (χ1v) is 11.1. The van der Waals surface area contributed by atoms with Crippen molar-refractivity contribution >= 4 is 17.8 Å². The van der Waals surface area contributed by atoms with Crippen molar-refractivity contribution in [1.82, 2.24) is 10.2 Å². The van der Waals surface area contributed by atoms with Gasteiger partial charge in [0.05, 0.1) is 18.1 Å². The topological polar surface area (TPSA) is 75.7 Å². The largest absolute Gasteiger partial charge is 0.466 e. The summed E-state index contributed by atoms with van der Waals surface area (Å²) in [5, 5.41) is 2.86. The summed E-state index contributed by atoms with van der Waals surface area (Å²) in [7, 11) is 0. The molecule has 2 aromatic carbocycles. The van der Waals surface area contributed by atoms with Gasteiger partial charge in [-0.2, -0.15) is 0 Å². The Morgan fingerprint density at radius 1 is 1.09 bits per heavy atom. The molecule has 0 bridgehead atoms. The minimum atomic E-state index is -0.900. The van der Waals surface area contributed by atoms with Crippen LogP contribution in [0.15, 0.2) is 48.5 Å². The van der Waals surface area contributed by atoms with Gasteiger partial charge in [-0.1, -0.05) is 30.3 Å². The second-order valence-corrected chi connectivity index (χ2v) is 8.07. The summed E-state index contributed by atoms with van der Waals surface area (Å²) in [6.07, 6.45) is 1.29. The molecule has 0 radical (unpaired) electrons. The molecule has 0 aromatic heterocycles. The van der Waals surface area contributed by atoms with Gasteiger partial charge in [0.2, 0.25) is 5.91 Å². The van der Waals surface area contributed by atoms with Gasteiger partial charge in [0.25, 0.3) is 5.91 Å². The summed E-state index contributed by atoms with van der Waals surface area (Å²) < 4.78 is 32.2. The predicted octanol–water partition coefficient (Wildman–Crippen LogP) is 3.36. The van der Waals surface area contributed by atoms with E-state index in [0.717, 1.165) is 17.7 Å². The first-order chi connectivity index (χ1) is 15.9. The van der Waals surface area contributed by atoms with Gasteiger partial charge in [-0.15, -0.1) is 0 Å². The maximum absolute atomic E-state index is 13.9. The fourth-order valence-electron chi connectivity index (χ4n) is 3.94. The van der Waals surface area contributed by atoms with Crippen LogP contribution in [0.3, 0.4) is 0 Å². The Kier molecular flexibility index (Phi) is 8.52. The lowest BCUT2D eigenvalue weighted by Crippen LogP contribution is -2.44. The highest BCUT2D eigenvalue weighted by atomic mass is 19.1. The highest BCUT2D eigenvalue weighted by Crippen LogP contribution is 2.21. The lowest BCUT2D eigenvalue weighted by atomic mass is 9.94. The molecule has 2 aromatic rings. The second kappa shape index (κ2) is 11.5. The van der Waals surface area contributed by atoms with E-state index in [1.807, 2.05) is 30.3 Å². The van der Waals surface area contributed by atoms with E-state index in [-0.39, 0.29) is 36.5 Å². The van der Waals surface area contributed by atoms with E-state index in [1.165, 1.54) is 4.90 Å². The van der Waals surface area contributed by atoms with Crippen molar-refractivity contribution in [3.8, 4) is 0 Å². The van der Waals surface area contributed by atoms with Gasteiger partial charge in [0.1, 0.15) is 11.6 Å². The van der Waals surface area contributed by atoms with Crippen LogP contribution in [-0.2, 0) is 20.7 Å². The number of nitrogens with one attached hydrogen (secondary N) is 1. The van der Waals surface area contributed by atoms with Crippen molar-refractivity contribution in [3.05, 3.63) is 71.3 Å². The number of benzene rings is 2. The van der Waals surface area contributed by atoms with Crippen LogP contribution in [0.4, 0.5) is 8.78 Å². The summed E-state index contributed by atoms with van der Waals surface area (Å²) in [5.41, 5.74) is 0.794. The zero-order valence-electron chi connectivity index (χ0n) is 18.6. The van der Waals surface area contributed by atoms with Crippen LogP contribution in [0, 0.1) is 23.5 Å². The second-order valence-electron chi connectivity index (χ2n) is 8.07. The smallest absolute Gasteiger partial charge is 0.311 e. The summed E-state index contributed by atoms with van der Waals surface area (Å²) in [6, 6.07) is 12.4. The van der Waals surface area contributed by atoms with Crippen molar-refractivity contribution in [2.75, 3.05) is 26.2 Å². The van der Waals surface area contributed by atoms with E-state index in [0.29, 0.717) is 38.4 Å². The number of hydrogen-bond acceptors (Lipinski definition) is 4. The van der Waals surface area contributed by atoms with Crippen LogP contribution in [0.5, 0.6) is 0 Å². The molecule has 6 nitrogen and oxygen atoms in total. The molecule has 1 fully saturated rings. The average molecular weight is 459 g/mol. The molecule has 1 aliphatic heterocycles. The van der Waals surface area contributed by atoms with Crippen molar-refractivity contribution in [2.24, 2.45) is 11.8 Å². The molecule has 1 atom stereocenters. The SMILES string of the molecule is CCOC(=O)C(CNC(=O)C1CCN(C(=O)c2ccc(F)cc2F)CC1)Cc1ccccc1. The number of nitrogens with zero attached hydrogens (tertiary/aromatic N) is 1. The van der Waals surface area contributed by atoms with E-state index in [2.05, 4.69) is 5.32 Å². The Morgan fingerprint density at radius 3 is 2.42 bits per heavy atom. The molecule has 1 heterocycles. The van der Waals surface area contributed by atoms with Gasteiger partial charge in [0, 0.05) is 31.6 Å². The summed E-state index contributed by atoms with van der Waals surface area (Å²) in [4.78, 5) is 39.1. The molecule has 1 N–H and O–H groups in total. The number of ether oxygens (including phenoxy) is 1. The van der Waals surface area contributed by atoms with Crippen LogP contribution in [0.2, 0.25) is 0 Å². The number of piperidine rings is 1. The van der Waals surface area contributed by atoms with Crippen LogP contribution in [0.1, 0.15) is 35.7 Å². The van der Waals surface area contributed by atoms with Gasteiger partial charge in [0.15, 0.2) is 0 Å². The minimum absolute atomic E-state index is 0.159. The Morgan fingerprint density at radius 2 is 1.79 bits per heavy atom. The summed E-state index contributed by atoms with van der Waals surface area (Å²) in [6.45, 7) is 2.74. The quantitative estimate of drug-likeness (QED) is 0.616. The van der Waals surface area contributed by atoms with Crippen molar-refractivity contribution in [2.45, 2.75) is 26.2 Å². The first kappa shape index (κ1) is 24.4. The number of carbonyl (C=O) groups excluding carboxylic acids is 3. The Labute approximate surface area is 191 Å². The molecular formula is C25H28F2N2O4. The molecular weight excluding hydrogens is 430 g/mol. The van der Waals surface area contributed by atoms with Crippen LogP contribution in [-0.4, -0.2) is 48.9 Å². The maximum Gasteiger partial charge on any atom is 0.311 e. The number of rotatable bonds is 8. The third-order valence-electron chi connectivity index (χ3n) is 5.78. The van der Waals surface area contributed by atoms with Crippen molar-refractivity contribution in [3.63, 3.8) is 0 Å². The Hall–Kier alpha value is -3.29. The lowest BCUT2D eigenvalue weighted by molar-refractivity contribution is -0.148. The third-order valence-corrected chi connectivity index (χ3v) is 5.78. The van der Waals surface area contributed by atoms with Gasteiger partial charge >= 0.3 is 5.97 Å². The molecule has 1 aliphatic rings. The third kappa shape index (κ3) is 6.60. The van der Waals surface area contributed by atoms with E-state index in [9.17, 15) is 23.2 Å². The highest BCUT2D eigenvalue weighted by Gasteiger charge is 2.30. The summed E-state index contributed by atoms with van der Waals surface area (Å²) in [5.74, 6) is -3.51. The number of halogens is 2. The highest BCUT2D eigenvalue weighted by molar-refractivity contribution is 5.94. The number of esters is 1. The molecule has 0 aliphatic carbocycles. The van der Waals surface area contributed by atoms with E-state index in [4.69, 9.17) is 4.74 Å². The normalized spacial score (nSPS) is 15.1. The van der Waals surface area contributed by atoms with E-state index in [1.54, 1.807) is 6.92 Å². The Balaban J connectivity index is 1.53. The number of hydrogen-bond donors (Lipinski definition) is 1. The Bertz CT molecular complexity index is 976. The molecule has 0 spiro atoms. The number of amides is 2. The molecule has 2 amide bonds. The maximum atomic E-state index is 13.9. The van der Waals surface area contributed by atoms with Crippen LogP contribution >= 0.6 is 0 Å². The summed E-state index contributed by atoms with van der Waals surface area (Å²) >= 11 is 0. The van der Waals surface area contributed by atoms with Gasteiger partial charge in [-0.3, -0.25) is 14.4 Å². The molecule has 1 unspecified atom stereocenters. The van der Waals surface area contributed by atoms with Crippen LogP contribution in [0.25, 0.3) is 0 Å². The van der Waals surface area contributed by atoms with E-state index >= 15 is 0 Å². The average Bonchev–Trinajstić information content (AvgIpc) is 2.82. The fourth-order valence-corrected chi connectivity index (χ4v) is 3.94. The number of likely N-dealkylation sites (tertiary alicyclic amines) is 1. The van der Waals surface area contributed by atoms with Crippen LogP contribution < -0.4 is 5.32 Å². The molecule has 176 valence electrons. The minimum Gasteiger partial charge on any atom is -0.466 e. The predicted molar refractivity (Wildman–Crippen MR) is 118 cm³/mol. The van der Waals surface area contributed by atoms with Gasteiger partial charge in [-0.25, -0.2) is 8.78 Å². The lowest BCUT2D eigenvalue weighted by Gasteiger charge is -2.31. The fraction of sp³-hybridized carbons (Fsp3) is 0.400. The van der Waals surface area contributed by atoms with E-state index < -0.39 is 23.5 Å². The number of carbonyl (C=O) groups is 3. The zero-order valence-corrected chi connectivity index (χ0v) is 18.6. The van der Waals surface area contributed by atoms with Crippen molar-refractivity contribution < 1.29 is 27.9 Å². The molecule has 33 heavy (non-hydrogen) atoms. The standard InChI is InChI=1S/C25H28F2N2O4/c1-2-33-25(32)19(14-17-6-4-3-5-7-17)16-28-23(30)18-10-12-29(13-11-18)24(31)21-9-8-20(26)15-22(21)27/h3-9,15,18-19H,2,10-14,16H2,1H3,(H,28,30). The first-order valence-electron chi connectivity index (χ1n) is 11.1.